The van der Waals surface area contributed by atoms with Crippen LogP contribution >= 0.6 is 0 Å². The number of hydrogen-bond acceptors (Lipinski definition) is 6. The zero-order chi connectivity index (χ0) is 18.9. The van der Waals surface area contributed by atoms with E-state index < -0.39 is 6.10 Å². The summed E-state index contributed by atoms with van der Waals surface area (Å²) in [5, 5.41) is 0. The zero-order valence-corrected chi connectivity index (χ0v) is 15.7. The van der Waals surface area contributed by atoms with Crippen LogP contribution < -0.4 is 9.47 Å². The van der Waals surface area contributed by atoms with Gasteiger partial charge in [0, 0.05) is 36.8 Å². The number of likely N-dealkylation sites (N-methyl/N-ethyl adjacent to an activating group) is 1. The Morgan fingerprint density at radius 3 is 2.78 bits per heavy atom. The van der Waals surface area contributed by atoms with Crippen molar-refractivity contribution in [1.29, 1.82) is 0 Å². The average molecular weight is 369 g/mol. The molecule has 1 unspecified atom stereocenters. The largest absolute Gasteiger partial charge is 0.481 e. The minimum absolute atomic E-state index is 0.245. The lowest BCUT2D eigenvalue weighted by atomic mass is 9.53. The van der Waals surface area contributed by atoms with E-state index in [-0.39, 0.29) is 29.4 Å². The topological polar surface area (TPSA) is 65.1 Å². The van der Waals surface area contributed by atoms with E-state index in [1.807, 2.05) is 12.1 Å². The number of carbonyl (C=O) groups is 2. The number of piperidine rings is 1. The van der Waals surface area contributed by atoms with Gasteiger partial charge in [0.2, 0.25) is 0 Å². The SMILES string of the molecule is CC(=O)Oc1ccc2c3c1O[C@H]1[C@@H](OC(C)=O)C=CC4[C@@H](C2)N(C)CC[C@@]341. The van der Waals surface area contributed by atoms with Gasteiger partial charge < -0.3 is 19.1 Å². The molecule has 1 aromatic carbocycles. The summed E-state index contributed by atoms with van der Waals surface area (Å²) in [6, 6.07) is 4.28. The highest BCUT2D eigenvalue weighted by molar-refractivity contribution is 5.73. The summed E-state index contributed by atoms with van der Waals surface area (Å²) in [4.78, 5) is 25.7. The second kappa shape index (κ2) is 5.58. The molecule has 2 aliphatic heterocycles. The molecule has 2 bridgehead atoms. The highest BCUT2D eigenvalue weighted by Crippen LogP contribution is 2.62. The second-order valence-corrected chi connectivity index (χ2v) is 8.09. The van der Waals surface area contributed by atoms with Crippen LogP contribution in [0.5, 0.6) is 11.5 Å². The van der Waals surface area contributed by atoms with Crippen LogP contribution in [0.25, 0.3) is 0 Å². The van der Waals surface area contributed by atoms with Crippen molar-refractivity contribution in [2.45, 2.75) is 50.4 Å². The van der Waals surface area contributed by atoms with Crippen molar-refractivity contribution in [2.24, 2.45) is 5.92 Å². The van der Waals surface area contributed by atoms with E-state index in [1.165, 1.54) is 19.4 Å². The van der Waals surface area contributed by atoms with Gasteiger partial charge in [-0.15, -0.1) is 0 Å². The Hall–Kier alpha value is -2.34. The first-order valence-electron chi connectivity index (χ1n) is 9.49. The molecule has 5 atom stereocenters. The minimum atomic E-state index is -0.439. The molecular formula is C21H23NO5. The maximum absolute atomic E-state index is 11.7. The van der Waals surface area contributed by atoms with Crippen LogP contribution in [-0.4, -0.2) is 48.7 Å². The number of esters is 2. The van der Waals surface area contributed by atoms with Crippen molar-refractivity contribution in [3.8, 4) is 11.5 Å². The lowest BCUT2D eigenvalue weighted by molar-refractivity contribution is -0.152. The van der Waals surface area contributed by atoms with Gasteiger partial charge in [-0.3, -0.25) is 9.59 Å². The summed E-state index contributed by atoms with van der Waals surface area (Å²) in [6.07, 6.45) is 5.31. The third-order valence-electron chi connectivity index (χ3n) is 6.67. The normalized spacial score (nSPS) is 35.2. The van der Waals surface area contributed by atoms with Gasteiger partial charge in [0.25, 0.3) is 0 Å². The molecule has 142 valence electrons. The van der Waals surface area contributed by atoms with E-state index in [4.69, 9.17) is 14.2 Å². The van der Waals surface area contributed by atoms with E-state index in [0.717, 1.165) is 24.9 Å². The smallest absolute Gasteiger partial charge is 0.308 e. The molecule has 0 saturated carbocycles. The average Bonchev–Trinajstić information content (AvgIpc) is 2.95. The van der Waals surface area contributed by atoms with Gasteiger partial charge in [0.1, 0.15) is 6.10 Å². The molecule has 6 nitrogen and oxygen atoms in total. The van der Waals surface area contributed by atoms with Crippen molar-refractivity contribution in [1.82, 2.24) is 4.90 Å². The maximum Gasteiger partial charge on any atom is 0.308 e. The van der Waals surface area contributed by atoms with Gasteiger partial charge in [0.05, 0.1) is 0 Å². The van der Waals surface area contributed by atoms with Crippen molar-refractivity contribution in [2.75, 3.05) is 13.6 Å². The quantitative estimate of drug-likeness (QED) is 0.451. The van der Waals surface area contributed by atoms with Crippen LogP contribution in [-0.2, 0) is 26.2 Å². The van der Waals surface area contributed by atoms with E-state index in [1.54, 1.807) is 0 Å². The standard InChI is InChI=1S/C21H23NO5/c1-11(23)25-16-6-4-13-10-15-14-5-7-17(26-12(2)24)20-21(14,8-9-22(15)3)18(13)19(16)27-20/h4-7,14-15,17,20H,8-10H2,1-3H3/t14?,15-,17+,20+,21+/m1/s1. The molecule has 1 spiro atoms. The predicted molar refractivity (Wildman–Crippen MR) is 96.8 cm³/mol. The predicted octanol–water partition coefficient (Wildman–Crippen LogP) is 1.99. The van der Waals surface area contributed by atoms with Crippen molar-refractivity contribution in [3.63, 3.8) is 0 Å². The Balaban J connectivity index is 1.71. The van der Waals surface area contributed by atoms with E-state index in [2.05, 4.69) is 24.1 Å². The number of carbonyl (C=O) groups excluding carboxylic acids is 2. The molecule has 0 radical (unpaired) electrons. The van der Waals surface area contributed by atoms with Gasteiger partial charge >= 0.3 is 11.9 Å². The van der Waals surface area contributed by atoms with Gasteiger partial charge in [-0.1, -0.05) is 12.1 Å². The first-order chi connectivity index (χ1) is 12.9. The molecule has 4 aliphatic rings. The van der Waals surface area contributed by atoms with Crippen LogP contribution in [0.2, 0.25) is 0 Å². The number of nitrogens with zero attached hydrogens (tertiary/aromatic N) is 1. The van der Waals surface area contributed by atoms with Crippen LogP contribution in [0.4, 0.5) is 0 Å². The third-order valence-corrected chi connectivity index (χ3v) is 6.67. The summed E-state index contributed by atoms with van der Waals surface area (Å²) in [5.41, 5.74) is 2.15. The van der Waals surface area contributed by atoms with Crippen LogP contribution in [0.1, 0.15) is 31.4 Å². The van der Waals surface area contributed by atoms with Crippen molar-refractivity contribution < 1.29 is 23.8 Å². The lowest BCUT2D eigenvalue weighted by Gasteiger charge is -2.56. The molecule has 1 aromatic rings. The third kappa shape index (κ3) is 2.16. The molecule has 5 rings (SSSR count). The van der Waals surface area contributed by atoms with E-state index >= 15 is 0 Å². The Morgan fingerprint density at radius 2 is 2.04 bits per heavy atom. The molecule has 0 N–H and O–H groups in total. The molecule has 2 aliphatic carbocycles. The molecular weight excluding hydrogens is 346 g/mol. The summed E-state index contributed by atoms with van der Waals surface area (Å²) in [7, 11) is 2.17. The minimum Gasteiger partial charge on any atom is -0.481 e. The number of hydrogen-bond donors (Lipinski definition) is 0. The Labute approximate surface area is 158 Å². The lowest BCUT2D eigenvalue weighted by Crippen LogP contribution is -2.65. The van der Waals surface area contributed by atoms with E-state index in [9.17, 15) is 9.59 Å². The van der Waals surface area contributed by atoms with Gasteiger partial charge in [-0.2, -0.15) is 0 Å². The van der Waals surface area contributed by atoms with Crippen molar-refractivity contribution in [3.05, 3.63) is 35.4 Å². The van der Waals surface area contributed by atoms with Crippen LogP contribution in [0.15, 0.2) is 24.3 Å². The Bertz CT molecular complexity index is 878. The summed E-state index contributed by atoms with van der Waals surface area (Å²) >= 11 is 0. The fourth-order valence-corrected chi connectivity index (χ4v) is 5.74. The molecule has 1 saturated heterocycles. The number of likely N-dealkylation sites (tertiary alicyclic amines) is 1. The molecule has 1 fully saturated rings. The van der Waals surface area contributed by atoms with Gasteiger partial charge in [0.15, 0.2) is 17.6 Å². The highest BCUT2D eigenvalue weighted by atomic mass is 16.6. The molecule has 2 heterocycles. The molecule has 6 heteroatoms. The van der Waals surface area contributed by atoms with Crippen LogP contribution in [0.3, 0.4) is 0 Å². The van der Waals surface area contributed by atoms with Gasteiger partial charge in [-0.25, -0.2) is 0 Å². The number of ether oxygens (including phenoxy) is 3. The summed E-state index contributed by atoms with van der Waals surface area (Å²) < 4.78 is 17.5. The molecule has 0 amide bonds. The fourth-order valence-electron chi connectivity index (χ4n) is 5.74. The molecule has 0 aromatic heterocycles. The number of benzene rings is 1. The van der Waals surface area contributed by atoms with Gasteiger partial charge in [-0.05, 0) is 44.1 Å². The fraction of sp³-hybridized carbons (Fsp3) is 0.524. The van der Waals surface area contributed by atoms with E-state index in [0.29, 0.717) is 17.5 Å². The maximum atomic E-state index is 11.7. The van der Waals surface area contributed by atoms with Crippen LogP contribution in [0, 0.1) is 5.92 Å². The Morgan fingerprint density at radius 1 is 1.22 bits per heavy atom. The Kier molecular flexibility index (Phi) is 3.47. The van der Waals surface area contributed by atoms with Crippen molar-refractivity contribution >= 4 is 11.9 Å². The summed E-state index contributed by atoms with van der Waals surface area (Å²) in [5.74, 6) is 0.712. The summed E-state index contributed by atoms with van der Waals surface area (Å²) in [6.45, 7) is 3.77. The first-order valence-corrected chi connectivity index (χ1v) is 9.49. The first kappa shape index (κ1) is 16.8. The molecule has 27 heavy (non-hydrogen) atoms. The monoisotopic (exact) mass is 369 g/mol. The highest BCUT2D eigenvalue weighted by Gasteiger charge is 2.65. The second-order valence-electron chi connectivity index (χ2n) is 8.09. The number of rotatable bonds is 2. The zero-order valence-electron chi connectivity index (χ0n) is 15.7.